The fraction of sp³-hybridized carbons (Fsp3) is 0.438. The second-order valence-corrected chi connectivity index (χ2v) is 7.74. The smallest absolute Gasteiger partial charge is 0.243 e. The zero-order valence-electron chi connectivity index (χ0n) is 12.8. The maximum Gasteiger partial charge on any atom is 0.243 e. The van der Waals surface area contributed by atoms with Crippen molar-refractivity contribution in [1.82, 2.24) is 9.46 Å². The minimum atomic E-state index is -3.54. The maximum atomic E-state index is 13.1. The Morgan fingerprint density at radius 2 is 2.05 bits per heavy atom. The second-order valence-electron chi connectivity index (χ2n) is 5.89. The molecule has 1 aliphatic heterocycles. The van der Waals surface area contributed by atoms with Gasteiger partial charge in [0.15, 0.2) is 0 Å². The van der Waals surface area contributed by atoms with Gasteiger partial charge >= 0.3 is 0 Å². The molecule has 1 saturated heterocycles. The van der Waals surface area contributed by atoms with Gasteiger partial charge in [-0.25, -0.2) is 8.42 Å². The van der Waals surface area contributed by atoms with Crippen LogP contribution in [-0.4, -0.2) is 30.5 Å². The molecule has 118 valence electrons. The minimum absolute atomic E-state index is 0.00859. The molecule has 1 aromatic heterocycles. The fourth-order valence-electron chi connectivity index (χ4n) is 3.03. The van der Waals surface area contributed by atoms with Crippen LogP contribution in [0.15, 0.2) is 46.1 Å². The van der Waals surface area contributed by atoms with E-state index in [-0.39, 0.29) is 6.04 Å². The summed E-state index contributed by atoms with van der Waals surface area (Å²) in [6.45, 7) is 4.67. The SMILES string of the molecule is CC1CCCN(S(=O)(=O)c2ccccc2-c2cnoc2)C1C. The van der Waals surface area contributed by atoms with E-state index in [0.29, 0.717) is 28.5 Å². The third-order valence-corrected chi connectivity index (χ3v) is 6.58. The summed E-state index contributed by atoms with van der Waals surface area (Å²) in [6, 6.07) is 7.03. The highest BCUT2D eigenvalue weighted by Crippen LogP contribution is 2.33. The predicted molar refractivity (Wildman–Crippen MR) is 83.7 cm³/mol. The molecule has 2 aromatic rings. The van der Waals surface area contributed by atoms with E-state index in [1.54, 1.807) is 22.5 Å². The molecule has 22 heavy (non-hydrogen) atoms. The van der Waals surface area contributed by atoms with E-state index < -0.39 is 10.0 Å². The summed E-state index contributed by atoms with van der Waals surface area (Å²) in [6.07, 6.45) is 4.98. The number of piperidine rings is 1. The van der Waals surface area contributed by atoms with Crippen molar-refractivity contribution in [2.75, 3.05) is 6.54 Å². The Morgan fingerprint density at radius 1 is 1.27 bits per heavy atom. The average Bonchev–Trinajstić information content (AvgIpc) is 3.04. The molecule has 5 nitrogen and oxygen atoms in total. The third kappa shape index (κ3) is 2.57. The highest BCUT2D eigenvalue weighted by Gasteiger charge is 2.35. The molecule has 0 saturated carbocycles. The van der Waals surface area contributed by atoms with Crippen molar-refractivity contribution in [3.8, 4) is 11.1 Å². The van der Waals surface area contributed by atoms with Crippen molar-refractivity contribution in [2.45, 2.75) is 37.6 Å². The van der Waals surface area contributed by atoms with E-state index in [9.17, 15) is 8.42 Å². The lowest BCUT2D eigenvalue weighted by molar-refractivity contribution is 0.202. The van der Waals surface area contributed by atoms with Crippen molar-refractivity contribution in [2.24, 2.45) is 5.92 Å². The molecule has 2 atom stereocenters. The first-order valence-corrected chi connectivity index (χ1v) is 8.96. The number of sulfonamides is 1. The molecule has 1 aromatic carbocycles. The van der Waals surface area contributed by atoms with Crippen molar-refractivity contribution >= 4 is 10.0 Å². The van der Waals surface area contributed by atoms with Gasteiger partial charge in [-0.05, 0) is 31.7 Å². The van der Waals surface area contributed by atoms with Crippen molar-refractivity contribution in [3.05, 3.63) is 36.7 Å². The Bertz CT molecular complexity index is 741. The van der Waals surface area contributed by atoms with Crippen LogP contribution in [0, 0.1) is 5.92 Å². The molecule has 1 fully saturated rings. The molecule has 1 aliphatic rings. The first-order valence-electron chi connectivity index (χ1n) is 7.52. The minimum Gasteiger partial charge on any atom is -0.364 e. The number of benzene rings is 1. The summed E-state index contributed by atoms with van der Waals surface area (Å²) in [4.78, 5) is 0.319. The molecular formula is C16H20N2O3S. The first-order chi connectivity index (χ1) is 10.5. The van der Waals surface area contributed by atoms with Gasteiger partial charge in [-0.2, -0.15) is 4.31 Å². The van der Waals surface area contributed by atoms with Crippen LogP contribution in [0.5, 0.6) is 0 Å². The van der Waals surface area contributed by atoms with Gasteiger partial charge in [-0.15, -0.1) is 0 Å². The Hall–Kier alpha value is -1.66. The van der Waals surface area contributed by atoms with E-state index >= 15 is 0 Å². The van der Waals surface area contributed by atoms with Crippen molar-refractivity contribution < 1.29 is 12.9 Å². The number of rotatable bonds is 3. The predicted octanol–water partition coefficient (Wildman–Crippen LogP) is 3.15. The average molecular weight is 320 g/mol. The summed E-state index contributed by atoms with van der Waals surface area (Å²) >= 11 is 0. The molecule has 0 bridgehead atoms. The third-order valence-electron chi connectivity index (χ3n) is 4.53. The molecule has 0 spiro atoms. The highest BCUT2D eigenvalue weighted by molar-refractivity contribution is 7.89. The zero-order chi connectivity index (χ0) is 15.7. The lowest BCUT2D eigenvalue weighted by Crippen LogP contribution is -2.45. The Balaban J connectivity index is 2.07. The van der Waals surface area contributed by atoms with Crippen LogP contribution in [0.1, 0.15) is 26.7 Å². The molecule has 2 unspecified atom stereocenters. The molecule has 0 aliphatic carbocycles. The highest BCUT2D eigenvalue weighted by atomic mass is 32.2. The monoisotopic (exact) mass is 320 g/mol. The van der Waals surface area contributed by atoms with E-state index in [1.807, 2.05) is 13.0 Å². The standard InChI is InChI=1S/C16H20N2O3S/c1-12-6-5-9-18(13(12)2)22(19,20)16-8-4-3-7-15(16)14-10-17-21-11-14/h3-4,7-8,10-13H,5-6,9H2,1-2H3. The largest absolute Gasteiger partial charge is 0.364 e. The van der Waals surface area contributed by atoms with Gasteiger partial charge in [-0.1, -0.05) is 30.3 Å². The normalized spacial score (nSPS) is 23.5. The first kappa shape index (κ1) is 15.2. The van der Waals surface area contributed by atoms with E-state index in [0.717, 1.165) is 12.8 Å². The van der Waals surface area contributed by atoms with E-state index in [2.05, 4.69) is 12.1 Å². The second kappa shape index (κ2) is 5.85. The molecule has 0 amide bonds. The van der Waals surface area contributed by atoms with Gasteiger partial charge in [-0.3, -0.25) is 0 Å². The molecule has 0 N–H and O–H groups in total. The summed E-state index contributed by atoms with van der Waals surface area (Å²) in [5, 5.41) is 3.68. The van der Waals surface area contributed by atoms with Gasteiger partial charge in [0, 0.05) is 23.7 Å². The van der Waals surface area contributed by atoms with Crippen LogP contribution in [-0.2, 0) is 10.0 Å². The lowest BCUT2D eigenvalue weighted by atomic mass is 9.94. The van der Waals surface area contributed by atoms with Crippen LogP contribution >= 0.6 is 0 Å². The number of hydrogen-bond acceptors (Lipinski definition) is 4. The Morgan fingerprint density at radius 3 is 2.77 bits per heavy atom. The molecule has 2 heterocycles. The van der Waals surface area contributed by atoms with Gasteiger partial charge in [0.05, 0.1) is 11.1 Å². The molecule has 3 rings (SSSR count). The molecule has 6 heteroatoms. The summed E-state index contributed by atoms with van der Waals surface area (Å²) in [7, 11) is -3.54. The molecule has 0 radical (unpaired) electrons. The Labute approximate surface area is 131 Å². The Kier molecular flexibility index (Phi) is 4.06. The zero-order valence-corrected chi connectivity index (χ0v) is 13.6. The molecular weight excluding hydrogens is 300 g/mol. The van der Waals surface area contributed by atoms with Crippen LogP contribution < -0.4 is 0 Å². The van der Waals surface area contributed by atoms with Crippen molar-refractivity contribution in [1.29, 1.82) is 0 Å². The lowest BCUT2D eigenvalue weighted by Gasteiger charge is -2.37. The number of nitrogens with zero attached hydrogens (tertiary/aromatic N) is 2. The van der Waals surface area contributed by atoms with Gasteiger partial charge in [0.25, 0.3) is 0 Å². The quantitative estimate of drug-likeness (QED) is 0.871. The van der Waals surface area contributed by atoms with Crippen LogP contribution in [0.3, 0.4) is 0 Å². The number of hydrogen-bond donors (Lipinski definition) is 0. The van der Waals surface area contributed by atoms with E-state index in [4.69, 9.17) is 4.52 Å². The van der Waals surface area contributed by atoms with Gasteiger partial charge < -0.3 is 4.52 Å². The maximum absolute atomic E-state index is 13.1. The van der Waals surface area contributed by atoms with Crippen LogP contribution in [0.25, 0.3) is 11.1 Å². The van der Waals surface area contributed by atoms with E-state index in [1.165, 1.54) is 12.5 Å². The summed E-state index contributed by atoms with van der Waals surface area (Å²) in [5.74, 6) is 0.367. The van der Waals surface area contributed by atoms with Crippen LogP contribution in [0.2, 0.25) is 0 Å². The van der Waals surface area contributed by atoms with Crippen molar-refractivity contribution in [3.63, 3.8) is 0 Å². The van der Waals surface area contributed by atoms with Gasteiger partial charge in [0.1, 0.15) is 6.26 Å². The van der Waals surface area contributed by atoms with Crippen LogP contribution in [0.4, 0.5) is 0 Å². The topological polar surface area (TPSA) is 63.4 Å². The summed E-state index contributed by atoms with van der Waals surface area (Å²) < 4.78 is 32.8. The fourth-order valence-corrected chi connectivity index (χ4v) is 5.01. The summed E-state index contributed by atoms with van der Waals surface area (Å²) in [5.41, 5.74) is 1.31. The number of aromatic nitrogens is 1. The van der Waals surface area contributed by atoms with Gasteiger partial charge in [0.2, 0.25) is 10.0 Å².